The van der Waals surface area contributed by atoms with Gasteiger partial charge in [0, 0.05) is 13.2 Å². The number of anilines is 2. The van der Waals surface area contributed by atoms with E-state index >= 15 is 0 Å². The number of hydrogen-bond donors (Lipinski definition) is 3. The summed E-state index contributed by atoms with van der Waals surface area (Å²) in [4.78, 5) is 4.34. The smallest absolute Gasteiger partial charge is 0.239 e. The molecular weight excluding hydrogens is 242 g/mol. The Morgan fingerprint density at radius 2 is 2.16 bits per heavy atom. The van der Waals surface area contributed by atoms with Gasteiger partial charge in [-0.25, -0.2) is 0 Å². The molecule has 1 aromatic heterocycles. The predicted octanol–water partition coefficient (Wildman–Crippen LogP) is 2.27. The van der Waals surface area contributed by atoms with Crippen molar-refractivity contribution < 1.29 is 9.84 Å². The van der Waals surface area contributed by atoms with Gasteiger partial charge in [0.15, 0.2) is 0 Å². The van der Waals surface area contributed by atoms with Gasteiger partial charge in [-0.3, -0.25) is 0 Å². The maximum Gasteiger partial charge on any atom is 0.239 e. The third-order valence-corrected chi connectivity index (χ3v) is 2.93. The van der Waals surface area contributed by atoms with Crippen LogP contribution in [0.15, 0.2) is 12.1 Å². The molecule has 0 atom stereocenters. The molecule has 4 N–H and O–H groups in total. The van der Waals surface area contributed by atoms with Crippen molar-refractivity contribution in [1.82, 2.24) is 4.98 Å². The predicted molar refractivity (Wildman–Crippen MR) is 78.4 cm³/mol. The van der Waals surface area contributed by atoms with E-state index in [1.807, 2.05) is 13.0 Å². The van der Waals surface area contributed by atoms with E-state index in [0.29, 0.717) is 18.2 Å². The second kappa shape index (κ2) is 7.19. The standard InChI is InChI=1S/C14H25N3O2/c1-4-19-13-11(15)6-7-12(17-13)16-10-14(2,3)8-5-9-18/h6-7,18H,4-5,8-10,15H2,1-3H3,(H,16,17). The largest absolute Gasteiger partial charge is 0.476 e. The van der Waals surface area contributed by atoms with E-state index in [-0.39, 0.29) is 12.0 Å². The van der Waals surface area contributed by atoms with Crippen LogP contribution >= 0.6 is 0 Å². The first-order valence-corrected chi connectivity index (χ1v) is 6.72. The lowest BCUT2D eigenvalue weighted by atomic mass is 9.88. The number of rotatable bonds is 8. The van der Waals surface area contributed by atoms with Crippen LogP contribution in [0.3, 0.4) is 0 Å². The summed E-state index contributed by atoms with van der Waals surface area (Å²) in [5.74, 6) is 1.23. The van der Waals surface area contributed by atoms with Crippen molar-refractivity contribution in [2.75, 3.05) is 30.8 Å². The number of hydrogen-bond acceptors (Lipinski definition) is 5. The molecular formula is C14H25N3O2. The summed E-state index contributed by atoms with van der Waals surface area (Å²) < 4.78 is 5.36. The first-order chi connectivity index (χ1) is 8.98. The van der Waals surface area contributed by atoms with Crippen LogP contribution in [0.4, 0.5) is 11.5 Å². The molecule has 0 saturated heterocycles. The van der Waals surface area contributed by atoms with Gasteiger partial charge in [-0.2, -0.15) is 4.98 Å². The fourth-order valence-corrected chi connectivity index (χ4v) is 1.78. The van der Waals surface area contributed by atoms with Crippen LogP contribution in [0.1, 0.15) is 33.6 Å². The molecule has 1 aromatic rings. The first-order valence-electron chi connectivity index (χ1n) is 6.72. The van der Waals surface area contributed by atoms with Crippen LogP contribution in [-0.2, 0) is 0 Å². The Morgan fingerprint density at radius 1 is 1.42 bits per heavy atom. The molecule has 0 amide bonds. The van der Waals surface area contributed by atoms with Crippen molar-refractivity contribution in [3.63, 3.8) is 0 Å². The molecule has 0 radical (unpaired) electrons. The molecule has 108 valence electrons. The number of pyridine rings is 1. The number of nitrogen functional groups attached to an aromatic ring is 1. The highest BCUT2D eigenvalue weighted by Crippen LogP contribution is 2.24. The highest BCUT2D eigenvalue weighted by atomic mass is 16.5. The fourth-order valence-electron chi connectivity index (χ4n) is 1.78. The SMILES string of the molecule is CCOc1nc(NCC(C)(C)CCCO)ccc1N. The number of ether oxygens (including phenoxy) is 1. The van der Waals surface area contributed by atoms with Crippen LogP contribution < -0.4 is 15.8 Å². The summed E-state index contributed by atoms with van der Waals surface area (Å²) >= 11 is 0. The Kier molecular flexibility index (Phi) is 5.89. The summed E-state index contributed by atoms with van der Waals surface area (Å²) in [5.41, 5.74) is 6.44. The van der Waals surface area contributed by atoms with Crippen molar-refractivity contribution >= 4 is 11.5 Å². The number of nitrogens with zero attached hydrogens (tertiary/aromatic N) is 1. The van der Waals surface area contributed by atoms with Gasteiger partial charge in [-0.1, -0.05) is 13.8 Å². The van der Waals surface area contributed by atoms with E-state index in [0.717, 1.165) is 25.2 Å². The minimum Gasteiger partial charge on any atom is -0.476 e. The number of aromatic nitrogens is 1. The Balaban J connectivity index is 2.59. The Bertz CT molecular complexity index is 394. The quantitative estimate of drug-likeness (QED) is 0.673. The van der Waals surface area contributed by atoms with Gasteiger partial charge in [0.05, 0.1) is 12.3 Å². The summed E-state index contributed by atoms with van der Waals surface area (Å²) in [6, 6.07) is 3.64. The molecule has 5 heteroatoms. The molecule has 19 heavy (non-hydrogen) atoms. The Labute approximate surface area is 115 Å². The molecule has 0 saturated carbocycles. The molecule has 0 aromatic carbocycles. The van der Waals surface area contributed by atoms with Crippen LogP contribution in [0.2, 0.25) is 0 Å². The third kappa shape index (κ3) is 5.34. The lowest BCUT2D eigenvalue weighted by molar-refractivity contribution is 0.248. The van der Waals surface area contributed by atoms with Crippen LogP contribution in [0, 0.1) is 5.41 Å². The average Bonchev–Trinajstić information content (AvgIpc) is 2.38. The first kappa shape index (κ1) is 15.6. The van der Waals surface area contributed by atoms with Crippen molar-refractivity contribution in [2.45, 2.75) is 33.6 Å². The van der Waals surface area contributed by atoms with Crippen LogP contribution in [0.25, 0.3) is 0 Å². The monoisotopic (exact) mass is 267 g/mol. The van der Waals surface area contributed by atoms with E-state index < -0.39 is 0 Å². The van der Waals surface area contributed by atoms with E-state index in [1.165, 1.54) is 0 Å². The van der Waals surface area contributed by atoms with Crippen molar-refractivity contribution in [3.05, 3.63) is 12.1 Å². The highest BCUT2D eigenvalue weighted by Gasteiger charge is 2.17. The van der Waals surface area contributed by atoms with E-state index in [4.69, 9.17) is 15.6 Å². The molecule has 0 aliphatic rings. The minimum atomic E-state index is 0.109. The number of aliphatic hydroxyl groups excluding tert-OH is 1. The van der Waals surface area contributed by atoms with E-state index in [2.05, 4.69) is 24.1 Å². The molecule has 0 spiro atoms. The summed E-state index contributed by atoms with van der Waals surface area (Å²) in [6.45, 7) is 7.79. The minimum absolute atomic E-state index is 0.109. The van der Waals surface area contributed by atoms with Crippen molar-refractivity contribution in [2.24, 2.45) is 5.41 Å². The average molecular weight is 267 g/mol. The zero-order valence-electron chi connectivity index (χ0n) is 12.1. The molecule has 0 fully saturated rings. The lowest BCUT2D eigenvalue weighted by Crippen LogP contribution is -2.23. The summed E-state index contributed by atoms with van der Waals surface area (Å²) in [5, 5.41) is 12.2. The Morgan fingerprint density at radius 3 is 2.79 bits per heavy atom. The molecule has 0 aliphatic heterocycles. The molecule has 0 unspecified atom stereocenters. The summed E-state index contributed by atoms with van der Waals surface area (Å²) in [7, 11) is 0. The number of aliphatic hydroxyl groups is 1. The molecule has 1 rings (SSSR count). The van der Waals surface area contributed by atoms with Gasteiger partial charge in [0.2, 0.25) is 5.88 Å². The van der Waals surface area contributed by atoms with Gasteiger partial charge in [0.25, 0.3) is 0 Å². The van der Waals surface area contributed by atoms with Gasteiger partial charge in [-0.05, 0) is 37.3 Å². The van der Waals surface area contributed by atoms with Gasteiger partial charge in [-0.15, -0.1) is 0 Å². The van der Waals surface area contributed by atoms with E-state index in [9.17, 15) is 0 Å². The van der Waals surface area contributed by atoms with Crippen LogP contribution in [-0.4, -0.2) is 29.8 Å². The maximum absolute atomic E-state index is 8.88. The van der Waals surface area contributed by atoms with E-state index in [1.54, 1.807) is 6.07 Å². The second-order valence-corrected chi connectivity index (χ2v) is 5.37. The fraction of sp³-hybridized carbons (Fsp3) is 0.643. The van der Waals surface area contributed by atoms with Gasteiger partial charge in [0.1, 0.15) is 5.82 Å². The molecule has 0 bridgehead atoms. The van der Waals surface area contributed by atoms with Gasteiger partial charge >= 0.3 is 0 Å². The molecule has 1 heterocycles. The normalized spacial score (nSPS) is 11.4. The molecule has 0 aliphatic carbocycles. The van der Waals surface area contributed by atoms with Crippen molar-refractivity contribution in [3.8, 4) is 5.88 Å². The lowest BCUT2D eigenvalue weighted by Gasteiger charge is -2.25. The van der Waals surface area contributed by atoms with Crippen molar-refractivity contribution in [1.29, 1.82) is 0 Å². The third-order valence-electron chi connectivity index (χ3n) is 2.93. The second-order valence-electron chi connectivity index (χ2n) is 5.37. The number of nitrogens with one attached hydrogen (secondary N) is 1. The Hall–Kier alpha value is -1.49. The zero-order chi connectivity index (χ0) is 14.3. The zero-order valence-corrected chi connectivity index (χ0v) is 12.1. The topological polar surface area (TPSA) is 80.4 Å². The molecule has 5 nitrogen and oxygen atoms in total. The maximum atomic E-state index is 8.88. The van der Waals surface area contributed by atoms with Gasteiger partial charge < -0.3 is 20.9 Å². The summed E-state index contributed by atoms with van der Waals surface area (Å²) in [6.07, 6.45) is 1.78. The van der Waals surface area contributed by atoms with Crippen LogP contribution in [0.5, 0.6) is 5.88 Å². The highest BCUT2D eigenvalue weighted by molar-refractivity contribution is 5.53. The number of nitrogens with two attached hydrogens (primary N) is 1.